The van der Waals surface area contributed by atoms with Crippen LogP contribution < -0.4 is 21.5 Å². The number of para-hydroxylation sites is 2. The van der Waals surface area contributed by atoms with Gasteiger partial charge in [0.05, 0.1) is 23.7 Å². The molecule has 2 amide bonds. The highest BCUT2D eigenvalue weighted by atomic mass is 35.5. The van der Waals surface area contributed by atoms with Crippen molar-refractivity contribution < 1.29 is 14.3 Å². The normalized spacial score (nSPS) is 9.88. The zero-order chi connectivity index (χ0) is 16.7. The van der Waals surface area contributed by atoms with Crippen LogP contribution in [0.5, 0.6) is 5.75 Å². The van der Waals surface area contributed by atoms with E-state index in [-0.39, 0.29) is 31.3 Å². The van der Waals surface area contributed by atoms with Gasteiger partial charge in [0.2, 0.25) is 5.91 Å². The quantitative estimate of drug-likeness (QED) is 0.651. The number of hydrogen-bond donors (Lipinski definition) is 3. The maximum atomic E-state index is 12.2. The second kappa shape index (κ2) is 9.86. The molecule has 0 aliphatic carbocycles. The van der Waals surface area contributed by atoms with Gasteiger partial charge < -0.3 is 21.5 Å². The van der Waals surface area contributed by atoms with Crippen LogP contribution in [-0.2, 0) is 11.2 Å². The van der Waals surface area contributed by atoms with Gasteiger partial charge in [-0.3, -0.25) is 9.59 Å². The first kappa shape index (κ1) is 19.9. The van der Waals surface area contributed by atoms with E-state index >= 15 is 0 Å². The van der Waals surface area contributed by atoms with E-state index in [0.29, 0.717) is 30.1 Å². The number of nitrogens with one attached hydrogen (secondary N) is 1. The van der Waals surface area contributed by atoms with Crippen molar-refractivity contribution in [2.75, 3.05) is 18.5 Å². The number of halogens is 1. The summed E-state index contributed by atoms with van der Waals surface area (Å²) in [5.41, 5.74) is 11.4. The van der Waals surface area contributed by atoms with Crippen LogP contribution in [0.1, 0.15) is 21.9 Å². The molecule has 0 bridgehead atoms. The van der Waals surface area contributed by atoms with Crippen LogP contribution in [0.2, 0.25) is 0 Å². The zero-order valence-corrected chi connectivity index (χ0v) is 14.5. The van der Waals surface area contributed by atoms with Crippen molar-refractivity contribution in [2.45, 2.75) is 12.8 Å². The summed E-state index contributed by atoms with van der Waals surface area (Å²) in [5.74, 6) is -0.295. The van der Waals surface area contributed by atoms with Gasteiger partial charge in [-0.25, -0.2) is 4.98 Å². The van der Waals surface area contributed by atoms with Gasteiger partial charge in [-0.2, -0.15) is 0 Å². The monoisotopic (exact) mass is 370 g/mol. The third-order valence-electron chi connectivity index (χ3n) is 2.88. The van der Waals surface area contributed by atoms with E-state index in [1.54, 1.807) is 29.6 Å². The number of nitrogens with two attached hydrogens (primary N) is 2. The summed E-state index contributed by atoms with van der Waals surface area (Å²) in [6.45, 7) is 0.644. The highest BCUT2D eigenvalue weighted by molar-refractivity contribution is 7.09. The molecule has 0 aliphatic heterocycles. The fourth-order valence-electron chi connectivity index (χ4n) is 1.80. The van der Waals surface area contributed by atoms with Crippen molar-refractivity contribution in [1.29, 1.82) is 0 Å². The predicted octanol–water partition coefficient (Wildman–Crippen LogP) is 1.57. The van der Waals surface area contributed by atoms with Crippen molar-refractivity contribution in [3.05, 3.63) is 40.3 Å². The molecule has 0 atom stereocenters. The van der Waals surface area contributed by atoms with Crippen LogP contribution in [0.15, 0.2) is 29.6 Å². The fourth-order valence-corrected chi connectivity index (χ4v) is 2.59. The number of carbonyl (C=O) groups is 2. The van der Waals surface area contributed by atoms with Gasteiger partial charge in [-0.15, -0.1) is 23.7 Å². The number of benzene rings is 1. The average Bonchev–Trinajstić information content (AvgIpc) is 2.98. The highest BCUT2D eigenvalue weighted by Gasteiger charge is 2.13. The molecular weight excluding hydrogens is 352 g/mol. The average molecular weight is 371 g/mol. The molecule has 24 heavy (non-hydrogen) atoms. The van der Waals surface area contributed by atoms with E-state index in [2.05, 4.69) is 10.3 Å². The van der Waals surface area contributed by atoms with Crippen molar-refractivity contribution in [1.82, 2.24) is 4.98 Å². The Morgan fingerprint density at radius 3 is 2.75 bits per heavy atom. The second-order valence-electron chi connectivity index (χ2n) is 4.68. The number of rotatable bonds is 8. The number of ether oxygens (including phenoxy) is 1. The first-order valence-electron chi connectivity index (χ1n) is 7.06. The van der Waals surface area contributed by atoms with Crippen molar-refractivity contribution in [3.63, 3.8) is 0 Å². The molecule has 1 heterocycles. The van der Waals surface area contributed by atoms with Gasteiger partial charge in [0, 0.05) is 11.8 Å². The van der Waals surface area contributed by atoms with E-state index in [4.69, 9.17) is 16.2 Å². The Hall–Kier alpha value is -2.16. The third-order valence-corrected chi connectivity index (χ3v) is 3.79. The summed E-state index contributed by atoms with van der Waals surface area (Å²) in [5, 5.41) is 5.27. The van der Waals surface area contributed by atoms with Crippen LogP contribution >= 0.6 is 23.7 Å². The number of thiazole rings is 1. The minimum Gasteiger partial charge on any atom is -0.491 e. The Labute approximate surface area is 149 Å². The number of carbonyl (C=O) groups excluding carboxylic acids is 2. The van der Waals surface area contributed by atoms with Gasteiger partial charge in [0.25, 0.3) is 5.91 Å². The van der Waals surface area contributed by atoms with Gasteiger partial charge in [-0.1, -0.05) is 12.1 Å². The minimum atomic E-state index is -0.443. The molecule has 7 nitrogen and oxygen atoms in total. The molecule has 0 radical (unpaired) electrons. The Morgan fingerprint density at radius 1 is 1.29 bits per heavy atom. The van der Waals surface area contributed by atoms with Crippen LogP contribution in [0.25, 0.3) is 0 Å². The van der Waals surface area contributed by atoms with Gasteiger partial charge in [0.1, 0.15) is 11.4 Å². The molecule has 9 heteroatoms. The van der Waals surface area contributed by atoms with E-state index in [9.17, 15) is 9.59 Å². The summed E-state index contributed by atoms with van der Waals surface area (Å²) in [6, 6.07) is 6.97. The van der Waals surface area contributed by atoms with Crippen LogP contribution in [-0.4, -0.2) is 29.9 Å². The van der Waals surface area contributed by atoms with E-state index in [0.717, 1.165) is 5.01 Å². The zero-order valence-electron chi connectivity index (χ0n) is 12.9. The molecule has 2 rings (SSSR count). The van der Waals surface area contributed by atoms with Crippen LogP contribution in [0, 0.1) is 0 Å². The molecule has 130 valence electrons. The molecule has 0 unspecified atom stereocenters. The lowest BCUT2D eigenvalue weighted by Crippen LogP contribution is -2.16. The largest absolute Gasteiger partial charge is 0.491 e. The van der Waals surface area contributed by atoms with Gasteiger partial charge in [-0.05, 0) is 18.7 Å². The van der Waals surface area contributed by atoms with E-state index in [1.165, 1.54) is 11.3 Å². The molecule has 0 saturated heterocycles. The van der Waals surface area contributed by atoms with Crippen molar-refractivity contribution in [2.24, 2.45) is 11.5 Å². The van der Waals surface area contributed by atoms with Gasteiger partial charge in [0.15, 0.2) is 0 Å². The third kappa shape index (κ3) is 5.80. The first-order chi connectivity index (χ1) is 11.1. The molecule has 0 spiro atoms. The number of anilines is 1. The number of nitrogens with zero attached hydrogens (tertiary/aromatic N) is 1. The lowest BCUT2D eigenvalue weighted by atomic mass is 10.3. The summed E-state index contributed by atoms with van der Waals surface area (Å²) < 4.78 is 5.48. The summed E-state index contributed by atoms with van der Waals surface area (Å²) in [6.07, 6.45) is 0.752. The summed E-state index contributed by atoms with van der Waals surface area (Å²) in [4.78, 5) is 27.2. The second-order valence-corrected chi connectivity index (χ2v) is 5.62. The maximum Gasteiger partial charge on any atom is 0.275 e. The molecule has 0 fully saturated rings. The summed E-state index contributed by atoms with van der Waals surface area (Å²) >= 11 is 1.40. The molecular formula is C15H19ClN4O3S. The molecule has 0 aliphatic rings. The fraction of sp³-hybridized carbons (Fsp3) is 0.267. The van der Waals surface area contributed by atoms with E-state index < -0.39 is 5.91 Å². The Bertz CT molecular complexity index is 693. The Balaban J connectivity index is 0.00000288. The van der Waals surface area contributed by atoms with Crippen molar-refractivity contribution in [3.8, 4) is 5.75 Å². The molecule has 1 aromatic heterocycles. The number of primary amides is 1. The lowest BCUT2D eigenvalue weighted by molar-refractivity contribution is -0.118. The minimum absolute atomic E-state index is 0. The molecule has 0 saturated carbocycles. The van der Waals surface area contributed by atoms with Crippen molar-refractivity contribution >= 4 is 41.2 Å². The molecule has 2 aromatic rings. The van der Waals surface area contributed by atoms with Gasteiger partial charge >= 0.3 is 0 Å². The maximum absolute atomic E-state index is 12.2. The van der Waals surface area contributed by atoms with E-state index in [1.807, 2.05) is 0 Å². The number of aromatic nitrogens is 1. The molecule has 5 N–H and O–H groups in total. The first-order valence-corrected chi connectivity index (χ1v) is 7.94. The number of hydrogen-bond acceptors (Lipinski definition) is 6. The highest BCUT2D eigenvalue weighted by Crippen LogP contribution is 2.24. The predicted molar refractivity (Wildman–Crippen MR) is 95.8 cm³/mol. The van der Waals surface area contributed by atoms with Crippen LogP contribution in [0.4, 0.5) is 5.69 Å². The summed E-state index contributed by atoms with van der Waals surface area (Å²) in [7, 11) is 0. The Kier molecular flexibility index (Phi) is 8.17. The molecule has 1 aromatic carbocycles. The number of amides is 2. The smallest absolute Gasteiger partial charge is 0.275 e. The SMILES string of the molecule is Cl.NCCc1nc(C(=O)Nc2ccccc2OCCC(N)=O)cs1. The standard InChI is InChI=1S/C15H18N4O3S.ClH/c16-7-5-14-18-11(9-23-14)15(21)19-10-3-1-2-4-12(10)22-8-6-13(17)20;/h1-4,9H,5-8,16H2,(H2,17,20)(H,19,21);1H. The van der Waals surface area contributed by atoms with Crippen LogP contribution in [0.3, 0.4) is 0 Å². The topological polar surface area (TPSA) is 120 Å². The Morgan fingerprint density at radius 2 is 2.04 bits per heavy atom. The lowest BCUT2D eigenvalue weighted by Gasteiger charge is -2.11.